The second kappa shape index (κ2) is 9.78. The third kappa shape index (κ3) is 5.16. The molecule has 36 heavy (non-hydrogen) atoms. The van der Waals surface area contributed by atoms with Crippen molar-refractivity contribution in [3.8, 4) is 5.75 Å². The van der Waals surface area contributed by atoms with Crippen LogP contribution in [-0.4, -0.2) is 36.5 Å². The van der Waals surface area contributed by atoms with Crippen LogP contribution in [0, 0.1) is 0 Å². The monoisotopic (exact) mass is 547 g/mol. The molecular formula is C26H27ClFN3O3S2. The summed E-state index contributed by atoms with van der Waals surface area (Å²) in [6.07, 6.45) is 5.11. The van der Waals surface area contributed by atoms with E-state index < -0.39 is 22.3 Å². The van der Waals surface area contributed by atoms with E-state index in [0.717, 1.165) is 35.2 Å². The summed E-state index contributed by atoms with van der Waals surface area (Å²) in [5.74, 6) is 0.481. The zero-order valence-corrected chi connectivity index (χ0v) is 22.4. The molecule has 1 unspecified atom stereocenters. The van der Waals surface area contributed by atoms with Crippen LogP contribution < -0.4 is 9.46 Å². The van der Waals surface area contributed by atoms with Crippen LogP contribution >= 0.6 is 23.1 Å². The molecule has 0 saturated carbocycles. The zero-order valence-electron chi connectivity index (χ0n) is 20.0. The fourth-order valence-corrected chi connectivity index (χ4v) is 6.84. The number of hydrogen-bond acceptors (Lipinski definition) is 6. The molecule has 0 bridgehead atoms. The topological polar surface area (TPSA) is 71.5 Å². The summed E-state index contributed by atoms with van der Waals surface area (Å²) < 4.78 is 50.2. The summed E-state index contributed by atoms with van der Waals surface area (Å²) in [5, 5.41) is 2.01. The van der Waals surface area contributed by atoms with Gasteiger partial charge in [-0.1, -0.05) is 24.3 Å². The predicted octanol–water partition coefficient (Wildman–Crippen LogP) is 6.35. The highest BCUT2D eigenvalue weighted by atomic mass is 35.5. The van der Waals surface area contributed by atoms with Gasteiger partial charge in [0.2, 0.25) is 0 Å². The second-order valence-electron chi connectivity index (χ2n) is 9.66. The van der Waals surface area contributed by atoms with Crippen molar-refractivity contribution in [3.63, 3.8) is 0 Å². The molecule has 3 aromatic rings. The lowest BCUT2D eigenvalue weighted by molar-refractivity contribution is 0.0770. The number of halogens is 2. The average molecular weight is 548 g/mol. The van der Waals surface area contributed by atoms with Gasteiger partial charge in [-0.15, -0.1) is 11.3 Å². The Hall–Kier alpha value is -2.46. The van der Waals surface area contributed by atoms with Gasteiger partial charge in [0.1, 0.15) is 18.0 Å². The van der Waals surface area contributed by atoms with E-state index in [1.807, 2.05) is 38.1 Å². The number of fused-ring (bicyclic) bond motifs is 1. The van der Waals surface area contributed by atoms with E-state index in [0.29, 0.717) is 29.4 Å². The summed E-state index contributed by atoms with van der Waals surface area (Å²) in [6.45, 7) is 4.80. The van der Waals surface area contributed by atoms with Crippen molar-refractivity contribution in [3.05, 3.63) is 76.3 Å². The van der Waals surface area contributed by atoms with Crippen LogP contribution in [0.1, 0.15) is 54.9 Å². The lowest BCUT2D eigenvalue weighted by Crippen LogP contribution is -2.35. The van der Waals surface area contributed by atoms with Crippen molar-refractivity contribution in [2.24, 2.45) is 0 Å². The molecule has 2 aliphatic heterocycles. The van der Waals surface area contributed by atoms with Crippen LogP contribution in [0.3, 0.4) is 0 Å². The van der Waals surface area contributed by atoms with Crippen LogP contribution in [0.5, 0.6) is 5.75 Å². The minimum atomic E-state index is -3.83. The minimum Gasteiger partial charge on any atom is -0.487 e. The number of anilines is 1. The van der Waals surface area contributed by atoms with E-state index in [1.54, 1.807) is 28.1 Å². The number of ether oxygens (including phenoxy) is 1. The molecule has 190 valence electrons. The molecule has 0 aliphatic carbocycles. The number of alkyl halides is 1. The largest absolute Gasteiger partial charge is 0.487 e. The van der Waals surface area contributed by atoms with Gasteiger partial charge in [0.05, 0.1) is 4.90 Å². The first-order chi connectivity index (χ1) is 17.1. The summed E-state index contributed by atoms with van der Waals surface area (Å²) in [5.41, 5.74) is 4.25. The van der Waals surface area contributed by atoms with Gasteiger partial charge in [0.15, 0.2) is 5.13 Å². The number of rotatable bonds is 6. The zero-order chi connectivity index (χ0) is 25.5. The van der Waals surface area contributed by atoms with Gasteiger partial charge in [0.25, 0.3) is 10.0 Å². The molecule has 0 fully saturated rings. The Kier molecular flexibility index (Phi) is 6.84. The molecule has 0 amide bonds. The Morgan fingerprint density at radius 1 is 1.25 bits per heavy atom. The number of aromatic nitrogens is 1. The smallest absolute Gasteiger partial charge is 0.263 e. The molecule has 0 spiro atoms. The molecular weight excluding hydrogens is 521 g/mol. The van der Waals surface area contributed by atoms with E-state index in [1.165, 1.54) is 11.3 Å². The number of hydrogen-bond donors (Lipinski definition) is 1. The predicted molar refractivity (Wildman–Crippen MR) is 142 cm³/mol. The molecule has 5 rings (SSSR count). The maximum Gasteiger partial charge on any atom is 0.263 e. The van der Waals surface area contributed by atoms with Crippen LogP contribution in [0.4, 0.5) is 9.52 Å². The lowest BCUT2D eigenvalue weighted by Gasteiger charge is -2.39. The Balaban J connectivity index is 1.58. The van der Waals surface area contributed by atoms with E-state index in [4.69, 9.17) is 16.5 Å². The van der Waals surface area contributed by atoms with E-state index in [-0.39, 0.29) is 10.8 Å². The standard InChI is InChI=1S/C26H27ClFN3O3S2/c1-26(2)15-23(20-5-3-17(16-28)13-22(20)18-7-10-31(27)11-8-18)21-6-4-19(14-24(21)34-26)36(32,33)30-25-29-9-12-35-25/h3-7,9,12-14,23H,8,10-11,15-16H2,1-2H3,(H,29,30). The number of benzene rings is 2. The second-order valence-corrected chi connectivity index (χ2v) is 12.7. The number of nitrogens with one attached hydrogen (secondary N) is 1. The van der Waals surface area contributed by atoms with Gasteiger partial charge in [-0.25, -0.2) is 22.2 Å². The van der Waals surface area contributed by atoms with Crippen molar-refractivity contribution in [2.45, 2.75) is 49.8 Å². The van der Waals surface area contributed by atoms with E-state index in [2.05, 4.69) is 15.8 Å². The fourth-order valence-electron chi connectivity index (χ4n) is 4.88. The van der Waals surface area contributed by atoms with Crippen molar-refractivity contribution in [1.82, 2.24) is 9.40 Å². The Morgan fingerprint density at radius 3 is 2.75 bits per heavy atom. The first kappa shape index (κ1) is 25.2. The average Bonchev–Trinajstić information content (AvgIpc) is 3.35. The fraction of sp³-hybridized carbons (Fsp3) is 0.346. The molecule has 0 radical (unpaired) electrons. The van der Waals surface area contributed by atoms with Crippen LogP contribution in [0.25, 0.3) is 5.57 Å². The highest BCUT2D eigenvalue weighted by Crippen LogP contribution is 2.47. The summed E-state index contributed by atoms with van der Waals surface area (Å²) in [6, 6.07) is 10.8. The number of nitrogens with zero attached hydrogens (tertiary/aromatic N) is 2. The Labute approximate surface area is 219 Å². The van der Waals surface area contributed by atoms with Crippen LogP contribution in [-0.2, 0) is 16.7 Å². The number of thiazole rings is 1. The highest BCUT2D eigenvalue weighted by Gasteiger charge is 2.37. The third-order valence-electron chi connectivity index (χ3n) is 6.56. The quantitative estimate of drug-likeness (QED) is 0.364. The molecule has 1 atom stereocenters. The van der Waals surface area contributed by atoms with E-state index in [9.17, 15) is 12.8 Å². The van der Waals surface area contributed by atoms with Crippen molar-refractivity contribution in [1.29, 1.82) is 0 Å². The van der Waals surface area contributed by atoms with Gasteiger partial charge in [-0.2, -0.15) is 0 Å². The molecule has 2 aromatic carbocycles. The molecule has 1 N–H and O–H groups in total. The number of sulfonamides is 1. The van der Waals surface area contributed by atoms with Gasteiger partial charge in [-0.05, 0) is 72.9 Å². The third-order valence-corrected chi connectivity index (χ3v) is 9.02. The molecule has 0 saturated heterocycles. The maximum absolute atomic E-state index is 13.6. The van der Waals surface area contributed by atoms with Crippen molar-refractivity contribution in [2.75, 3.05) is 17.8 Å². The normalized spacial score (nSPS) is 19.8. The molecule has 3 heterocycles. The first-order valence-electron chi connectivity index (χ1n) is 11.7. The molecule has 6 nitrogen and oxygen atoms in total. The first-order valence-corrected chi connectivity index (χ1v) is 14.4. The molecule has 2 aliphatic rings. The van der Waals surface area contributed by atoms with E-state index >= 15 is 0 Å². The highest BCUT2D eigenvalue weighted by molar-refractivity contribution is 7.93. The van der Waals surface area contributed by atoms with Gasteiger partial charge in [-0.3, -0.25) is 4.72 Å². The van der Waals surface area contributed by atoms with Gasteiger partial charge in [0, 0.05) is 42.2 Å². The maximum atomic E-state index is 13.6. The minimum absolute atomic E-state index is 0.0500. The lowest BCUT2D eigenvalue weighted by atomic mass is 9.76. The van der Waals surface area contributed by atoms with Crippen LogP contribution in [0.2, 0.25) is 0 Å². The summed E-state index contributed by atoms with van der Waals surface area (Å²) in [7, 11) is -3.83. The summed E-state index contributed by atoms with van der Waals surface area (Å²) in [4.78, 5) is 4.13. The molecule has 10 heteroatoms. The molecule has 1 aromatic heterocycles. The Bertz CT molecular complexity index is 1410. The Morgan fingerprint density at radius 2 is 2.06 bits per heavy atom. The van der Waals surface area contributed by atoms with Gasteiger partial charge >= 0.3 is 0 Å². The van der Waals surface area contributed by atoms with Gasteiger partial charge < -0.3 is 4.74 Å². The summed E-state index contributed by atoms with van der Waals surface area (Å²) >= 11 is 7.38. The van der Waals surface area contributed by atoms with Crippen LogP contribution in [0.15, 0.2) is 58.9 Å². The van der Waals surface area contributed by atoms with Crippen molar-refractivity contribution < 1.29 is 17.5 Å². The van der Waals surface area contributed by atoms with Crippen molar-refractivity contribution >= 4 is 43.8 Å². The SMILES string of the molecule is CC1(C)CC(c2ccc(CF)cc2C2=CCN(Cl)CC2)c2ccc(S(=O)(=O)Nc3nccs3)cc2O1.